The fourth-order valence-corrected chi connectivity index (χ4v) is 4.07. The first-order chi connectivity index (χ1) is 18.5. The molecule has 1 unspecified atom stereocenters. The maximum Gasteiger partial charge on any atom is 0.344 e. The lowest BCUT2D eigenvalue weighted by Gasteiger charge is -2.24. The Morgan fingerprint density at radius 1 is 1.05 bits per heavy atom. The van der Waals surface area contributed by atoms with E-state index in [2.05, 4.69) is 59.2 Å². The normalized spacial score (nSPS) is 14.7. The molecule has 196 valence electrons. The van der Waals surface area contributed by atoms with Crippen molar-refractivity contribution >= 4 is 11.5 Å². The number of ether oxygens (including phenoxy) is 3. The lowest BCUT2D eigenvalue weighted by Crippen LogP contribution is -2.36. The van der Waals surface area contributed by atoms with Crippen molar-refractivity contribution < 1.29 is 24.1 Å². The molecule has 0 amide bonds. The van der Waals surface area contributed by atoms with Gasteiger partial charge in [-0.05, 0) is 72.5 Å². The molecule has 38 heavy (non-hydrogen) atoms. The van der Waals surface area contributed by atoms with Crippen molar-refractivity contribution in [2.24, 2.45) is 0 Å². The number of hydrogen-bond acceptors (Lipinski definition) is 5. The van der Waals surface area contributed by atoms with Gasteiger partial charge in [-0.1, -0.05) is 54.3 Å². The van der Waals surface area contributed by atoms with E-state index in [9.17, 15) is 4.79 Å². The minimum atomic E-state index is -1.00. The van der Waals surface area contributed by atoms with Crippen molar-refractivity contribution in [2.45, 2.75) is 20.0 Å². The zero-order valence-electron chi connectivity index (χ0n) is 21.9. The van der Waals surface area contributed by atoms with E-state index in [1.165, 1.54) is 6.92 Å². The van der Waals surface area contributed by atoms with Crippen LogP contribution in [0, 0.1) is 18.8 Å². The molecule has 0 aromatic heterocycles. The number of carbonyl (C=O) groups is 1. The summed E-state index contributed by atoms with van der Waals surface area (Å²) >= 11 is 0. The maximum absolute atomic E-state index is 11.1. The highest BCUT2D eigenvalue weighted by Gasteiger charge is 2.14. The molecule has 1 atom stereocenters. The summed E-state index contributed by atoms with van der Waals surface area (Å²) in [6.07, 6.45) is 1.15. The van der Waals surface area contributed by atoms with Crippen molar-refractivity contribution in [1.82, 2.24) is 4.90 Å². The lowest BCUT2D eigenvalue weighted by atomic mass is 9.97. The van der Waals surface area contributed by atoms with Crippen molar-refractivity contribution in [3.8, 4) is 23.3 Å². The van der Waals surface area contributed by atoms with Gasteiger partial charge in [-0.3, -0.25) is 4.90 Å². The van der Waals surface area contributed by atoms with Crippen LogP contribution < -0.4 is 9.47 Å². The molecule has 3 aromatic rings. The molecule has 0 spiro atoms. The van der Waals surface area contributed by atoms with Gasteiger partial charge in [-0.25, -0.2) is 4.79 Å². The average molecular weight is 512 g/mol. The number of hydrogen-bond donors (Lipinski definition) is 1. The molecule has 4 rings (SSSR count). The van der Waals surface area contributed by atoms with Gasteiger partial charge in [0.2, 0.25) is 0 Å². The molecule has 0 radical (unpaired) electrons. The first-order valence-corrected chi connectivity index (χ1v) is 12.8. The quantitative estimate of drug-likeness (QED) is 0.406. The molecule has 0 saturated carbocycles. The summed E-state index contributed by atoms with van der Waals surface area (Å²) in [5, 5.41) is 9.08. The van der Waals surface area contributed by atoms with Crippen molar-refractivity contribution in [3.05, 3.63) is 101 Å². The molecule has 1 aliphatic rings. The lowest BCUT2D eigenvalue weighted by molar-refractivity contribution is -0.144. The van der Waals surface area contributed by atoms with E-state index in [0.717, 1.165) is 60.7 Å². The number of benzene rings is 3. The Kier molecular flexibility index (Phi) is 9.58. The first-order valence-electron chi connectivity index (χ1n) is 12.8. The van der Waals surface area contributed by atoms with Crippen LogP contribution in [0.4, 0.5) is 0 Å². The smallest absolute Gasteiger partial charge is 0.344 e. The number of rotatable bonds is 9. The number of aliphatic carboxylic acids is 1. The number of carboxylic acid groups (broad SMARTS) is 1. The van der Waals surface area contributed by atoms with E-state index >= 15 is 0 Å². The van der Waals surface area contributed by atoms with E-state index in [0.29, 0.717) is 18.1 Å². The van der Waals surface area contributed by atoms with Crippen LogP contribution in [0.1, 0.15) is 29.2 Å². The number of carboxylic acids is 1. The van der Waals surface area contributed by atoms with Crippen LogP contribution in [0.25, 0.3) is 5.57 Å². The fraction of sp³-hybridized carbons (Fsp3) is 0.281. The zero-order chi connectivity index (χ0) is 26.7. The van der Waals surface area contributed by atoms with E-state index in [-0.39, 0.29) is 0 Å². The highest BCUT2D eigenvalue weighted by molar-refractivity contribution is 5.80. The van der Waals surface area contributed by atoms with Gasteiger partial charge in [-0.15, -0.1) is 0 Å². The first kappa shape index (κ1) is 27.0. The van der Waals surface area contributed by atoms with E-state index in [4.69, 9.17) is 19.3 Å². The molecule has 3 aromatic carbocycles. The van der Waals surface area contributed by atoms with Crippen LogP contribution in [0.2, 0.25) is 0 Å². The van der Waals surface area contributed by atoms with Crippen LogP contribution in [0.5, 0.6) is 11.5 Å². The fourth-order valence-electron chi connectivity index (χ4n) is 4.07. The third kappa shape index (κ3) is 7.72. The summed E-state index contributed by atoms with van der Waals surface area (Å²) < 4.78 is 16.9. The Balaban J connectivity index is 1.44. The molecule has 6 nitrogen and oxygen atoms in total. The van der Waals surface area contributed by atoms with Crippen LogP contribution in [-0.2, 0) is 9.53 Å². The van der Waals surface area contributed by atoms with Crippen molar-refractivity contribution in [3.63, 3.8) is 0 Å². The van der Waals surface area contributed by atoms with Gasteiger partial charge >= 0.3 is 5.97 Å². The third-order valence-electron chi connectivity index (χ3n) is 6.26. The Hall–Kier alpha value is -4.05. The van der Waals surface area contributed by atoms with Gasteiger partial charge in [0.05, 0.1) is 19.8 Å². The second-order valence-electron chi connectivity index (χ2n) is 9.09. The van der Waals surface area contributed by atoms with Gasteiger partial charge in [-0.2, -0.15) is 0 Å². The summed E-state index contributed by atoms with van der Waals surface area (Å²) in [6, 6.07) is 23.9. The maximum atomic E-state index is 11.1. The second kappa shape index (κ2) is 13.5. The molecule has 1 aliphatic heterocycles. The minimum Gasteiger partial charge on any atom is -0.489 e. The van der Waals surface area contributed by atoms with Gasteiger partial charge in [0.15, 0.2) is 6.10 Å². The van der Waals surface area contributed by atoms with Gasteiger partial charge < -0.3 is 19.3 Å². The number of nitrogens with zero attached hydrogens (tertiary/aromatic N) is 1. The van der Waals surface area contributed by atoms with Crippen LogP contribution in [0.3, 0.4) is 0 Å². The van der Waals surface area contributed by atoms with Crippen LogP contribution in [-0.4, -0.2) is 61.5 Å². The molecule has 1 heterocycles. The van der Waals surface area contributed by atoms with E-state index in [1.54, 1.807) is 12.1 Å². The predicted octanol–water partition coefficient (Wildman–Crippen LogP) is 5.04. The molecule has 0 aliphatic carbocycles. The Labute approximate surface area is 224 Å². The molecule has 0 bridgehead atoms. The SMILES string of the molecule is Cc1cc(OC/C=C(/c2ccccc2)c2ccc(C#CCN3CCOCC3)cc2)ccc1OC(C)C(=O)O. The molecule has 1 fully saturated rings. The summed E-state index contributed by atoms with van der Waals surface area (Å²) in [6.45, 7) is 7.92. The van der Waals surface area contributed by atoms with Gasteiger partial charge in [0.1, 0.15) is 18.1 Å². The second-order valence-corrected chi connectivity index (χ2v) is 9.09. The summed E-state index contributed by atoms with van der Waals surface area (Å²) in [7, 11) is 0. The highest BCUT2D eigenvalue weighted by Crippen LogP contribution is 2.26. The number of morpholine rings is 1. The van der Waals surface area contributed by atoms with Crippen LogP contribution in [0.15, 0.2) is 78.9 Å². The molecular formula is C32H33NO5. The summed E-state index contributed by atoms with van der Waals surface area (Å²) in [4.78, 5) is 13.4. The standard InChI is InChI=1S/C32H33NO5/c1-24-23-29(14-15-31(24)38-25(2)32(34)35)37-20-16-30(27-8-4-3-5-9-27)28-12-10-26(11-13-28)7-6-17-33-18-21-36-22-19-33/h3-5,8-16,23,25H,17-22H2,1-2H3,(H,34,35)/b30-16-. The molecule has 1 N–H and O–H groups in total. The minimum absolute atomic E-state index is 0.372. The molecule has 6 heteroatoms. The Morgan fingerprint density at radius 3 is 2.45 bits per heavy atom. The molecule has 1 saturated heterocycles. The van der Waals surface area contributed by atoms with E-state index in [1.807, 2.05) is 31.2 Å². The monoisotopic (exact) mass is 511 g/mol. The van der Waals surface area contributed by atoms with Crippen molar-refractivity contribution in [2.75, 3.05) is 39.5 Å². The largest absolute Gasteiger partial charge is 0.489 e. The van der Waals surface area contributed by atoms with Crippen LogP contribution >= 0.6 is 0 Å². The Morgan fingerprint density at radius 2 is 1.76 bits per heavy atom. The topological polar surface area (TPSA) is 68.2 Å². The van der Waals surface area contributed by atoms with Gasteiger partial charge in [0, 0.05) is 18.7 Å². The third-order valence-corrected chi connectivity index (χ3v) is 6.26. The summed E-state index contributed by atoms with van der Waals surface area (Å²) in [5.74, 6) is 6.76. The number of aryl methyl sites for hydroxylation is 1. The predicted molar refractivity (Wildman–Crippen MR) is 148 cm³/mol. The summed E-state index contributed by atoms with van der Waals surface area (Å²) in [5.41, 5.74) is 5.06. The molecular weight excluding hydrogens is 478 g/mol. The van der Waals surface area contributed by atoms with Gasteiger partial charge in [0.25, 0.3) is 0 Å². The average Bonchev–Trinajstić information content (AvgIpc) is 2.94. The van der Waals surface area contributed by atoms with E-state index < -0.39 is 12.1 Å². The highest BCUT2D eigenvalue weighted by atomic mass is 16.5. The van der Waals surface area contributed by atoms with Crippen molar-refractivity contribution in [1.29, 1.82) is 0 Å². The Bertz CT molecular complexity index is 1300. The zero-order valence-corrected chi connectivity index (χ0v) is 21.9.